The highest BCUT2D eigenvalue weighted by Crippen LogP contribution is 2.31. The molecule has 2 rings (SSSR count). The van der Waals surface area contributed by atoms with Crippen LogP contribution in [-0.4, -0.2) is 32.9 Å². The molecule has 0 aliphatic carbocycles. The lowest BCUT2D eigenvalue weighted by molar-refractivity contribution is -0.133. The summed E-state index contributed by atoms with van der Waals surface area (Å²) in [7, 11) is -2.78. The summed E-state index contributed by atoms with van der Waals surface area (Å²) in [6.45, 7) is 8.96. The lowest BCUT2D eigenvalue weighted by Gasteiger charge is -2.26. The topological polar surface area (TPSA) is 72.9 Å². The van der Waals surface area contributed by atoms with Crippen molar-refractivity contribution in [3.8, 4) is 11.5 Å². The van der Waals surface area contributed by atoms with Gasteiger partial charge in [0.1, 0.15) is 10.7 Å². The number of ether oxygens (including phenoxy) is 1. The fourth-order valence-corrected chi connectivity index (χ4v) is 3.98. The average molecular weight is 452 g/mol. The summed E-state index contributed by atoms with van der Waals surface area (Å²) < 4.78 is 48.9. The molecule has 1 amide bonds. The first-order valence-corrected chi connectivity index (χ1v) is 11.6. The van der Waals surface area contributed by atoms with Gasteiger partial charge < -0.3 is 13.8 Å². The molecule has 0 spiro atoms. The molecular weight excluding hydrogens is 421 g/mol. The van der Waals surface area contributed by atoms with Crippen molar-refractivity contribution in [3.05, 3.63) is 53.8 Å². The summed E-state index contributed by atoms with van der Waals surface area (Å²) >= 11 is 0. The summed E-state index contributed by atoms with van der Waals surface area (Å²) in [5.41, 5.74) is 0.711. The molecule has 0 aromatic heterocycles. The first kappa shape index (κ1) is 24.7. The van der Waals surface area contributed by atoms with Gasteiger partial charge in [0.2, 0.25) is 5.91 Å². The molecule has 31 heavy (non-hydrogen) atoms. The molecule has 0 saturated heterocycles. The minimum atomic E-state index is -4.19. The van der Waals surface area contributed by atoms with Gasteiger partial charge in [0.05, 0.1) is 7.11 Å². The minimum absolute atomic E-state index is 0.00475. The smallest absolute Gasteiger partial charge is 0.339 e. The van der Waals surface area contributed by atoms with Gasteiger partial charge in [-0.3, -0.25) is 4.79 Å². The SMILES string of the molecule is COc1ccc(CN(CC(C)C)C(=O)CC(C)C)cc1OS(=O)(=O)c1ccc(F)cc1. The monoisotopic (exact) mass is 451 g/mol. The maximum absolute atomic E-state index is 13.1. The van der Waals surface area contributed by atoms with Gasteiger partial charge >= 0.3 is 10.1 Å². The number of nitrogens with zero attached hydrogens (tertiary/aromatic N) is 1. The van der Waals surface area contributed by atoms with Crippen LogP contribution in [0.4, 0.5) is 4.39 Å². The molecule has 2 aromatic carbocycles. The Bertz CT molecular complexity index is 988. The fourth-order valence-electron chi connectivity index (χ4n) is 3.05. The Morgan fingerprint density at radius 1 is 1.00 bits per heavy atom. The van der Waals surface area contributed by atoms with E-state index in [9.17, 15) is 17.6 Å². The van der Waals surface area contributed by atoms with Crippen LogP contribution in [0.15, 0.2) is 47.4 Å². The summed E-state index contributed by atoms with van der Waals surface area (Å²) in [6, 6.07) is 9.29. The molecule has 0 unspecified atom stereocenters. The first-order chi connectivity index (χ1) is 14.5. The van der Waals surface area contributed by atoms with Crippen LogP contribution in [0.2, 0.25) is 0 Å². The molecule has 8 heteroatoms. The van der Waals surface area contributed by atoms with Crippen molar-refractivity contribution in [1.29, 1.82) is 0 Å². The van der Waals surface area contributed by atoms with Crippen molar-refractivity contribution in [2.75, 3.05) is 13.7 Å². The van der Waals surface area contributed by atoms with E-state index in [1.807, 2.05) is 27.7 Å². The zero-order valence-corrected chi connectivity index (χ0v) is 19.4. The minimum Gasteiger partial charge on any atom is -0.493 e. The second kappa shape index (κ2) is 10.6. The van der Waals surface area contributed by atoms with Crippen LogP contribution in [0.25, 0.3) is 0 Å². The molecule has 0 N–H and O–H groups in total. The maximum Gasteiger partial charge on any atom is 0.339 e. The third-order valence-corrected chi connectivity index (χ3v) is 5.67. The zero-order chi connectivity index (χ0) is 23.2. The molecule has 0 heterocycles. The van der Waals surface area contributed by atoms with Crippen LogP contribution < -0.4 is 8.92 Å². The van der Waals surface area contributed by atoms with E-state index in [1.54, 1.807) is 23.1 Å². The van der Waals surface area contributed by atoms with Crippen molar-refractivity contribution < 1.29 is 26.5 Å². The van der Waals surface area contributed by atoms with Gasteiger partial charge in [-0.15, -0.1) is 0 Å². The van der Waals surface area contributed by atoms with E-state index in [-0.39, 0.29) is 34.1 Å². The highest BCUT2D eigenvalue weighted by Gasteiger charge is 2.21. The molecule has 170 valence electrons. The molecular formula is C23H30FNO5S. The third kappa shape index (κ3) is 7.24. The average Bonchev–Trinajstić information content (AvgIpc) is 2.67. The van der Waals surface area contributed by atoms with E-state index in [2.05, 4.69) is 0 Å². The van der Waals surface area contributed by atoms with E-state index in [0.29, 0.717) is 25.1 Å². The Labute approximate surface area is 184 Å². The van der Waals surface area contributed by atoms with Crippen molar-refractivity contribution in [2.24, 2.45) is 11.8 Å². The predicted octanol–water partition coefficient (Wildman–Crippen LogP) is 4.63. The number of rotatable bonds is 10. The summed E-state index contributed by atoms with van der Waals surface area (Å²) in [4.78, 5) is 14.3. The lowest BCUT2D eigenvalue weighted by atomic mass is 10.1. The maximum atomic E-state index is 13.1. The van der Waals surface area contributed by atoms with E-state index >= 15 is 0 Å². The summed E-state index contributed by atoms with van der Waals surface area (Å²) in [5, 5.41) is 0. The molecule has 0 radical (unpaired) electrons. The van der Waals surface area contributed by atoms with Crippen LogP contribution in [0, 0.1) is 17.7 Å². The highest BCUT2D eigenvalue weighted by molar-refractivity contribution is 7.87. The van der Waals surface area contributed by atoms with Gasteiger partial charge in [-0.05, 0) is 53.8 Å². The van der Waals surface area contributed by atoms with Crippen LogP contribution in [0.5, 0.6) is 11.5 Å². The van der Waals surface area contributed by atoms with E-state index in [4.69, 9.17) is 8.92 Å². The van der Waals surface area contributed by atoms with Crippen LogP contribution in [0.3, 0.4) is 0 Å². The van der Waals surface area contributed by atoms with Gasteiger partial charge in [-0.25, -0.2) is 4.39 Å². The number of halogens is 1. The number of carbonyl (C=O) groups is 1. The molecule has 6 nitrogen and oxygen atoms in total. The Kier molecular flexibility index (Phi) is 8.44. The highest BCUT2D eigenvalue weighted by atomic mass is 32.2. The van der Waals surface area contributed by atoms with Gasteiger partial charge in [0, 0.05) is 19.5 Å². The van der Waals surface area contributed by atoms with E-state index < -0.39 is 15.9 Å². The molecule has 0 fully saturated rings. The predicted molar refractivity (Wildman–Crippen MR) is 117 cm³/mol. The van der Waals surface area contributed by atoms with Crippen LogP contribution in [0.1, 0.15) is 39.7 Å². The number of hydrogen-bond donors (Lipinski definition) is 0. The second-order valence-electron chi connectivity index (χ2n) is 8.24. The Hall–Kier alpha value is -2.61. The molecule has 0 aliphatic heterocycles. The molecule has 0 atom stereocenters. The largest absolute Gasteiger partial charge is 0.493 e. The summed E-state index contributed by atoms with van der Waals surface area (Å²) in [5.74, 6) is 0.251. The van der Waals surface area contributed by atoms with Crippen LogP contribution in [-0.2, 0) is 21.5 Å². The molecule has 0 aliphatic rings. The van der Waals surface area contributed by atoms with Crippen molar-refractivity contribution in [1.82, 2.24) is 4.90 Å². The van der Waals surface area contributed by atoms with Gasteiger partial charge in [0.25, 0.3) is 0 Å². The molecule has 2 aromatic rings. The van der Waals surface area contributed by atoms with E-state index in [0.717, 1.165) is 24.3 Å². The molecule has 0 bridgehead atoms. The number of hydrogen-bond acceptors (Lipinski definition) is 5. The standard InChI is InChI=1S/C23H30FNO5S/c1-16(2)12-23(26)25(14-17(3)4)15-18-6-11-21(29-5)22(13-18)30-31(27,28)20-9-7-19(24)8-10-20/h6-11,13,16-17H,12,14-15H2,1-5H3. The second-order valence-corrected chi connectivity index (χ2v) is 9.79. The van der Waals surface area contributed by atoms with Crippen LogP contribution >= 0.6 is 0 Å². The lowest BCUT2D eigenvalue weighted by Crippen LogP contribution is -2.34. The number of benzene rings is 2. The van der Waals surface area contributed by atoms with Crippen molar-refractivity contribution >= 4 is 16.0 Å². The van der Waals surface area contributed by atoms with Crippen molar-refractivity contribution in [3.63, 3.8) is 0 Å². The Morgan fingerprint density at radius 3 is 2.19 bits per heavy atom. The first-order valence-electron chi connectivity index (χ1n) is 10.2. The fraction of sp³-hybridized carbons (Fsp3) is 0.435. The normalized spacial score (nSPS) is 11.6. The quantitative estimate of drug-likeness (QED) is 0.493. The zero-order valence-electron chi connectivity index (χ0n) is 18.6. The van der Waals surface area contributed by atoms with E-state index in [1.165, 1.54) is 7.11 Å². The third-order valence-electron chi connectivity index (χ3n) is 4.42. The Morgan fingerprint density at radius 2 is 1.65 bits per heavy atom. The van der Waals surface area contributed by atoms with Gasteiger partial charge in [-0.2, -0.15) is 8.42 Å². The number of methoxy groups -OCH3 is 1. The number of carbonyl (C=O) groups excluding carboxylic acids is 1. The Balaban J connectivity index is 2.31. The summed E-state index contributed by atoms with van der Waals surface area (Å²) in [6.07, 6.45) is 0.436. The number of amides is 1. The van der Waals surface area contributed by atoms with Gasteiger partial charge in [0.15, 0.2) is 11.5 Å². The van der Waals surface area contributed by atoms with Crippen molar-refractivity contribution in [2.45, 2.75) is 45.6 Å². The van der Waals surface area contributed by atoms with Gasteiger partial charge in [-0.1, -0.05) is 33.8 Å². The molecule has 0 saturated carbocycles.